The third-order valence-electron chi connectivity index (χ3n) is 3.02. The number of hydrogen-bond donors (Lipinski definition) is 1. The summed E-state index contributed by atoms with van der Waals surface area (Å²) < 4.78 is 19.5. The first-order valence-corrected chi connectivity index (χ1v) is 7.10. The highest BCUT2D eigenvalue weighted by Crippen LogP contribution is 2.19. The lowest BCUT2D eigenvalue weighted by molar-refractivity contribution is 0.197. The average Bonchev–Trinajstić information content (AvgIpc) is 2.35. The molecule has 4 heteroatoms. The lowest BCUT2D eigenvalue weighted by atomic mass is 9.96. The molecule has 102 valence electrons. The molecular weight excluding hydrogens is 297 g/mol. The van der Waals surface area contributed by atoms with Crippen molar-refractivity contribution in [2.45, 2.75) is 19.8 Å². The van der Waals surface area contributed by atoms with Gasteiger partial charge >= 0.3 is 0 Å². The number of benzene rings is 1. The summed E-state index contributed by atoms with van der Waals surface area (Å²) in [4.78, 5) is 0. The lowest BCUT2D eigenvalue weighted by Gasteiger charge is -2.16. The maximum atomic E-state index is 13.7. The highest BCUT2D eigenvalue weighted by Gasteiger charge is 2.10. The number of rotatable bonds is 8. The molecule has 0 aliphatic heterocycles. The minimum atomic E-state index is -0.125. The average molecular weight is 318 g/mol. The van der Waals surface area contributed by atoms with E-state index in [9.17, 15) is 4.39 Å². The topological polar surface area (TPSA) is 21.3 Å². The minimum Gasteiger partial charge on any atom is -0.383 e. The Morgan fingerprint density at radius 1 is 1.44 bits per heavy atom. The van der Waals surface area contributed by atoms with Crippen LogP contribution in [0.5, 0.6) is 0 Å². The summed E-state index contributed by atoms with van der Waals surface area (Å²) in [5.74, 6) is 0.331. The second-order valence-corrected chi connectivity index (χ2v) is 5.33. The Morgan fingerprint density at radius 2 is 2.22 bits per heavy atom. The first kappa shape index (κ1) is 15.6. The van der Waals surface area contributed by atoms with E-state index < -0.39 is 0 Å². The van der Waals surface area contributed by atoms with Crippen molar-refractivity contribution in [3.8, 4) is 0 Å². The Labute approximate surface area is 117 Å². The Hall–Kier alpha value is -0.450. The molecule has 0 aliphatic carbocycles. The van der Waals surface area contributed by atoms with Gasteiger partial charge in [0.25, 0.3) is 0 Å². The van der Waals surface area contributed by atoms with E-state index in [0.29, 0.717) is 12.5 Å². The quantitative estimate of drug-likeness (QED) is 0.742. The smallest absolute Gasteiger partial charge is 0.127 e. The molecule has 2 nitrogen and oxygen atoms in total. The highest BCUT2D eigenvalue weighted by atomic mass is 79.9. The summed E-state index contributed by atoms with van der Waals surface area (Å²) in [7, 11) is 1.69. The Kier molecular flexibility index (Phi) is 7.47. The zero-order valence-electron chi connectivity index (χ0n) is 11.0. The van der Waals surface area contributed by atoms with Gasteiger partial charge in [0.05, 0.1) is 6.61 Å². The molecule has 0 aromatic heterocycles. The van der Waals surface area contributed by atoms with Gasteiger partial charge < -0.3 is 10.1 Å². The van der Waals surface area contributed by atoms with E-state index in [1.807, 2.05) is 12.1 Å². The molecule has 0 saturated heterocycles. The van der Waals surface area contributed by atoms with E-state index in [4.69, 9.17) is 4.74 Å². The van der Waals surface area contributed by atoms with Crippen LogP contribution in [0, 0.1) is 11.7 Å². The summed E-state index contributed by atoms with van der Waals surface area (Å²) in [6, 6.07) is 5.28. The Bertz CT molecular complexity index is 360. The standard InChI is InChI=1S/C14H21BrFNO/c1-3-11(10-17-6-7-18-2)8-12-4-5-13(15)9-14(12)16/h4-5,9,11,17H,3,6-8,10H2,1-2H3. The van der Waals surface area contributed by atoms with Crippen LogP contribution in [-0.4, -0.2) is 26.8 Å². The molecule has 0 bridgehead atoms. The van der Waals surface area contributed by atoms with E-state index in [1.54, 1.807) is 7.11 Å². The van der Waals surface area contributed by atoms with Gasteiger partial charge in [-0.1, -0.05) is 35.3 Å². The molecule has 0 amide bonds. The fraction of sp³-hybridized carbons (Fsp3) is 0.571. The van der Waals surface area contributed by atoms with E-state index in [0.717, 1.165) is 36.0 Å². The second-order valence-electron chi connectivity index (χ2n) is 4.41. The van der Waals surface area contributed by atoms with Gasteiger partial charge in [0.2, 0.25) is 0 Å². The third kappa shape index (κ3) is 5.46. The molecule has 1 rings (SSSR count). The van der Waals surface area contributed by atoms with Gasteiger partial charge in [-0.3, -0.25) is 0 Å². The van der Waals surface area contributed by atoms with Crippen molar-refractivity contribution in [2.24, 2.45) is 5.92 Å². The predicted molar refractivity (Wildman–Crippen MR) is 76.3 cm³/mol. The number of nitrogens with one attached hydrogen (secondary N) is 1. The summed E-state index contributed by atoms with van der Waals surface area (Å²) in [6.07, 6.45) is 1.81. The van der Waals surface area contributed by atoms with Crippen LogP contribution < -0.4 is 5.32 Å². The van der Waals surface area contributed by atoms with Crippen LogP contribution in [0.15, 0.2) is 22.7 Å². The molecule has 1 unspecified atom stereocenters. The summed E-state index contributed by atoms with van der Waals surface area (Å²) >= 11 is 3.27. The van der Waals surface area contributed by atoms with Gasteiger partial charge in [-0.2, -0.15) is 0 Å². The SMILES string of the molecule is CCC(CNCCOC)Cc1ccc(Br)cc1F. The van der Waals surface area contributed by atoms with Gasteiger partial charge in [0, 0.05) is 18.1 Å². The second kappa shape index (κ2) is 8.62. The highest BCUT2D eigenvalue weighted by molar-refractivity contribution is 9.10. The van der Waals surface area contributed by atoms with Gasteiger partial charge in [0.15, 0.2) is 0 Å². The Morgan fingerprint density at radius 3 is 2.83 bits per heavy atom. The number of halogens is 2. The molecular formula is C14H21BrFNO. The van der Waals surface area contributed by atoms with E-state index in [2.05, 4.69) is 28.2 Å². The predicted octanol–water partition coefficient (Wildman–Crippen LogP) is 3.39. The van der Waals surface area contributed by atoms with Crippen molar-refractivity contribution in [3.63, 3.8) is 0 Å². The maximum Gasteiger partial charge on any atom is 0.127 e. The van der Waals surface area contributed by atoms with Gasteiger partial charge in [-0.25, -0.2) is 4.39 Å². The van der Waals surface area contributed by atoms with Gasteiger partial charge in [-0.15, -0.1) is 0 Å². The van der Waals surface area contributed by atoms with Crippen molar-refractivity contribution in [1.82, 2.24) is 5.32 Å². The summed E-state index contributed by atoms with van der Waals surface area (Å²) in [6.45, 7) is 4.59. The van der Waals surface area contributed by atoms with Crippen molar-refractivity contribution in [1.29, 1.82) is 0 Å². The van der Waals surface area contributed by atoms with Crippen molar-refractivity contribution in [3.05, 3.63) is 34.1 Å². The molecule has 0 saturated carbocycles. The van der Waals surface area contributed by atoms with E-state index >= 15 is 0 Å². The van der Waals surface area contributed by atoms with Crippen molar-refractivity contribution < 1.29 is 9.13 Å². The summed E-state index contributed by atoms with van der Waals surface area (Å²) in [5.41, 5.74) is 0.790. The van der Waals surface area contributed by atoms with E-state index in [1.165, 1.54) is 6.07 Å². The third-order valence-corrected chi connectivity index (χ3v) is 3.51. The molecule has 1 aromatic rings. The lowest BCUT2D eigenvalue weighted by Crippen LogP contribution is -2.27. The van der Waals surface area contributed by atoms with Crippen LogP contribution in [0.25, 0.3) is 0 Å². The number of methoxy groups -OCH3 is 1. The fourth-order valence-corrected chi connectivity index (χ4v) is 2.17. The number of hydrogen-bond acceptors (Lipinski definition) is 2. The van der Waals surface area contributed by atoms with Crippen LogP contribution in [0.3, 0.4) is 0 Å². The molecule has 0 fully saturated rings. The molecule has 1 atom stereocenters. The van der Waals surface area contributed by atoms with Gasteiger partial charge in [0.1, 0.15) is 5.82 Å². The van der Waals surface area contributed by atoms with Crippen LogP contribution in [0.1, 0.15) is 18.9 Å². The first-order chi connectivity index (χ1) is 8.67. The minimum absolute atomic E-state index is 0.125. The van der Waals surface area contributed by atoms with Crippen molar-refractivity contribution >= 4 is 15.9 Å². The van der Waals surface area contributed by atoms with E-state index in [-0.39, 0.29) is 5.82 Å². The molecule has 0 aliphatic rings. The molecule has 1 aromatic carbocycles. The van der Waals surface area contributed by atoms with Crippen molar-refractivity contribution in [2.75, 3.05) is 26.8 Å². The number of ether oxygens (including phenoxy) is 1. The van der Waals surface area contributed by atoms with Crippen LogP contribution in [0.2, 0.25) is 0 Å². The fourth-order valence-electron chi connectivity index (χ4n) is 1.84. The van der Waals surface area contributed by atoms with Crippen LogP contribution >= 0.6 is 15.9 Å². The van der Waals surface area contributed by atoms with Crippen LogP contribution in [0.4, 0.5) is 4.39 Å². The van der Waals surface area contributed by atoms with Crippen LogP contribution in [-0.2, 0) is 11.2 Å². The zero-order chi connectivity index (χ0) is 13.4. The first-order valence-electron chi connectivity index (χ1n) is 6.31. The normalized spacial score (nSPS) is 12.7. The maximum absolute atomic E-state index is 13.7. The summed E-state index contributed by atoms with van der Waals surface area (Å²) in [5, 5.41) is 3.33. The molecule has 0 spiro atoms. The molecule has 1 N–H and O–H groups in total. The molecule has 0 heterocycles. The molecule has 0 radical (unpaired) electrons. The van der Waals surface area contributed by atoms with Gasteiger partial charge in [-0.05, 0) is 36.6 Å². The molecule has 18 heavy (non-hydrogen) atoms. The zero-order valence-corrected chi connectivity index (χ0v) is 12.6. The Balaban J connectivity index is 2.46. The largest absolute Gasteiger partial charge is 0.383 e. The monoisotopic (exact) mass is 317 g/mol.